The van der Waals surface area contributed by atoms with Crippen LogP contribution >= 0.6 is 8.24 Å². The van der Waals surface area contributed by atoms with Crippen LogP contribution in [0.4, 0.5) is 0 Å². The highest BCUT2D eigenvalue weighted by atomic mass is 31.1. The summed E-state index contributed by atoms with van der Waals surface area (Å²) in [4.78, 5) is 0. The summed E-state index contributed by atoms with van der Waals surface area (Å²) < 4.78 is 25.3. The molecule has 6 rings (SSSR count). The zero-order valence-corrected chi connectivity index (χ0v) is 21.2. The van der Waals surface area contributed by atoms with Gasteiger partial charge in [0.25, 0.3) is 0 Å². The summed E-state index contributed by atoms with van der Waals surface area (Å²) in [5.41, 5.74) is 3.65. The first-order chi connectivity index (χ1) is 17.7. The Labute approximate surface area is 210 Å². The average molecular weight is 495 g/mol. The maximum atomic E-state index is 6.58. The molecule has 1 unspecified atom stereocenters. The van der Waals surface area contributed by atoms with Crippen LogP contribution in [0.2, 0.25) is 0 Å². The van der Waals surface area contributed by atoms with Gasteiger partial charge < -0.3 is 13.1 Å². The molecule has 0 spiro atoms. The topological polar surface area (TPSA) is 44.7 Å². The van der Waals surface area contributed by atoms with Crippen LogP contribution in [-0.4, -0.2) is 6.10 Å². The molecule has 0 saturated heterocycles. The van der Waals surface area contributed by atoms with Crippen molar-refractivity contribution >= 4 is 51.7 Å². The molecule has 0 N–H and O–H groups in total. The zero-order chi connectivity index (χ0) is 24.5. The van der Waals surface area contributed by atoms with E-state index in [1.807, 2.05) is 38.1 Å². The van der Waals surface area contributed by atoms with Crippen molar-refractivity contribution in [2.75, 3.05) is 0 Å². The third-order valence-electron chi connectivity index (χ3n) is 6.22. The lowest BCUT2D eigenvalue weighted by atomic mass is 9.96. The fourth-order valence-corrected chi connectivity index (χ4v) is 5.81. The van der Waals surface area contributed by atoms with E-state index in [1.165, 1.54) is 0 Å². The second-order valence-electron chi connectivity index (χ2n) is 9.16. The van der Waals surface area contributed by atoms with Gasteiger partial charge in [0.1, 0.15) is 11.2 Å². The molecule has 0 bridgehead atoms. The molecule has 0 aliphatic carbocycles. The fourth-order valence-electron chi connectivity index (χ4n) is 4.67. The second-order valence-corrected chi connectivity index (χ2v) is 10.2. The maximum absolute atomic E-state index is 6.58. The first-order valence-electron chi connectivity index (χ1n) is 12.2. The minimum atomic E-state index is -1.65. The van der Waals surface area contributed by atoms with Crippen molar-refractivity contribution < 1.29 is 17.7 Å². The molecule has 0 saturated carbocycles. The van der Waals surface area contributed by atoms with E-state index >= 15 is 0 Å². The van der Waals surface area contributed by atoms with Crippen LogP contribution < -0.4 is 4.52 Å². The molecule has 0 aliphatic rings. The van der Waals surface area contributed by atoms with Crippen LogP contribution in [-0.2, 0) is 18.0 Å². The predicted octanol–water partition coefficient (Wildman–Crippen LogP) is 9.15. The number of hydrogen-bond donors (Lipinski definition) is 0. The Morgan fingerprint density at radius 3 is 2.17 bits per heavy atom. The van der Waals surface area contributed by atoms with Crippen LogP contribution in [0, 0.1) is 0 Å². The van der Waals surface area contributed by atoms with Gasteiger partial charge in [-0.3, -0.25) is 4.52 Å². The normalized spacial score (nSPS) is 12.2. The third kappa shape index (κ3) is 4.40. The number of rotatable bonds is 6. The van der Waals surface area contributed by atoms with Crippen molar-refractivity contribution in [1.29, 1.82) is 0 Å². The lowest BCUT2D eigenvalue weighted by Gasteiger charge is -2.11. The van der Waals surface area contributed by atoms with Crippen molar-refractivity contribution in [2.24, 2.45) is 0 Å². The summed E-state index contributed by atoms with van der Waals surface area (Å²) in [6.07, 6.45) is -0.0418. The Morgan fingerprint density at radius 2 is 1.39 bits per heavy atom. The van der Waals surface area contributed by atoms with Gasteiger partial charge in [0, 0.05) is 16.3 Å². The highest BCUT2D eigenvalue weighted by Crippen LogP contribution is 2.42. The zero-order valence-electron chi connectivity index (χ0n) is 20.3. The first kappa shape index (κ1) is 22.9. The monoisotopic (exact) mass is 494 g/mol. The van der Waals surface area contributed by atoms with Crippen LogP contribution in [0.3, 0.4) is 0 Å². The molecular weight excluding hydrogens is 467 g/mol. The van der Waals surface area contributed by atoms with Gasteiger partial charge in [-0.05, 0) is 53.1 Å². The Morgan fingerprint density at radius 1 is 0.694 bits per heavy atom. The summed E-state index contributed by atoms with van der Waals surface area (Å²) in [5, 5.41) is 6.57. The predicted molar refractivity (Wildman–Crippen MR) is 148 cm³/mol. The van der Waals surface area contributed by atoms with E-state index < -0.39 is 8.24 Å². The maximum Gasteiger partial charge on any atom is 0.387 e. The molecule has 0 aliphatic heterocycles. The molecule has 5 aromatic carbocycles. The van der Waals surface area contributed by atoms with E-state index in [4.69, 9.17) is 17.7 Å². The van der Waals surface area contributed by atoms with Gasteiger partial charge in [-0.25, -0.2) is 0 Å². The number of hydrogen-bond acceptors (Lipinski definition) is 4. The number of fused-ring (bicyclic) bond motifs is 7. The van der Waals surface area contributed by atoms with Gasteiger partial charge in [0.15, 0.2) is 0 Å². The average Bonchev–Trinajstić information content (AvgIpc) is 3.06. The van der Waals surface area contributed by atoms with E-state index in [0.717, 1.165) is 54.6 Å². The molecule has 36 heavy (non-hydrogen) atoms. The molecule has 6 aromatic rings. The Kier molecular flexibility index (Phi) is 6.25. The van der Waals surface area contributed by atoms with Gasteiger partial charge in [-0.2, -0.15) is 0 Å². The minimum absolute atomic E-state index is 0.0418. The van der Waals surface area contributed by atoms with Crippen LogP contribution in [0.5, 0.6) is 0 Å². The van der Waals surface area contributed by atoms with Gasteiger partial charge in [-0.1, -0.05) is 84.9 Å². The smallest absolute Gasteiger partial charge is 0.387 e. The lowest BCUT2D eigenvalue weighted by molar-refractivity contribution is 0.107. The first-order valence-corrected chi connectivity index (χ1v) is 13.3. The Hall–Kier alpha value is -3.56. The molecule has 1 heterocycles. The summed E-state index contributed by atoms with van der Waals surface area (Å²) in [6, 6.07) is 33.3. The SMILES string of the molecule is CC(C)Op1oc2ccc3ccccc3c2c2c(o1)c(COCc1ccccc1)cc1ccccc12. The van der Waals surface area contributed by atoms with Crippen molar-refractivity contribution in [3.63, 3.8) is 0 Å². The van der Waals surface area contributed by atoms with Crippen LogP contribution in [0.25, 0.3) is 43.5 Å². The molecule has 180 valence electrons. The summed E-state index contributed by atoms with van der Waals surface area (Å²) in [5.74, 6) is 0. The van der Waals surface area contributed by atoms with Crippen LogP contribution in [0.15, 0.2) is 105 Å². The molecule has 1 aromatic heterocycles. The second kappa shape index (κ2) is 9.83. The summed E-state index contributed by atoms with van der Waals surface area (Å²) in [6.45, 7) is 4.92. The third-order valence-corrected chi connectivity index (χ3v) is 7.50. The number of ether oxygens (including phenoxy) is 1. The molecule has 1 atom stereocenters. The molecule has 0 fully saturated rings. The highest BCUT2D eigenvalue weighted by molar-refractivity contribution is 7.31. The Balaban J connectivity index is 1.67. The molecule has 0 radical (unpaired) electrons. The van der Waals surface area contributed by atoms with E-state index in [9.17, 15) is 0 Å². The van der Waals surface area contributed by atoms with E-state index in [-0.39, 0.29) is 6.10 Å². The summed E-state index contributed by atoms with van der Waals surface area (Å²) in [7, 11) is -1.65. The number of benzene rings is 5. The minimum Gasteiger partial charge on any atom is -0.399 e. The van der Waals surface area contributed by atoms with Crippen molar-refractivity contribution in [3.8, 4) is 0 Å². The molecule has 5 heteroatoms. The van der Waals surface area contributed by atoms with Gasteiger partial charge in [0.2, 0.25) is 0 Å². The van der Waals surface area contributed by atoms with Crippen LogP contribution in [0.1, 0.15) is 25.0 Å². The summed E-state index contributed by atoms with van der Waals surface area (Å²) >= 11 is 0. The fraction of sp³-hybridized carbons (Fsp3) is 0.161. The van der Waals surface area contributed by atoms with Crippen molar-refractivity contribution in [1.82, 2.24) is 0 Å². The molecular formula is C31H27O4P. The van der Waals surface area contributed by atoms with E-state index in [1.54, 1.807) is 0 Å². The highest BCUT2D eigenvalue weighted by Gasteiger charge is 2.17. The Bertz CT molecular complexity index is 1720. The van der Waals surface area contributed by atoms with Gasteiger partial charge in [-0.15, -0.1) is 0 Å². The molecule has 0 amide bonds. The molecule has 4 nitrogen and oxygen atoms in total. The van der Waals surface area contributed by atoms with Gasteiger partial charge in [0.05, 0.1) is 19.3 Å². The largest absolute Gasteiger partial charge is 0.399 e. The van der Waals surface area contributed by atoms with E-state index in [2.05, 4.69) is 72.8 Å². The standard InChI is InChI=1S/C31H27O4P/c1-21(2)33-36-34-28-17-16-23-12-6-8-14-26(23)29(28)30-27-15-9-7-13-24(27)18-25(31(30)35-36)20-32-19-22-10-4-3-5-11-22/h3-18,21H,19-20H2,1-2H3. The van der Waals surface area contributed by atoms with Crippen molar-refractivity contribution in [2.45, 2.75) is 33.2 Å². The quantitative estimate of drug-likeness (QED) is 0.232. The van der Waals surface area contributed by atoms with Crippen molar-refractivity contribution in [3.05, 3.63) is 108 Å². The lowest BCUT2D eigenvalue weighted by Crippen LogP contribution is -2.02. The van der Waals surface area contributed by atoms with E-state index in [0.29, 0.717) is 13.2 Å². The van der Waals surface area contributed by atoms with Gasteiger partial charge >= 0.3 is 8.24 Å².